The fourth-order valence-electron chi connectivity index (χ4n) is 2.98. The number of rotatable bonds is 4. The van der Waals surface area contributed by atoms with Gasteiger partial charge in [0, 0.05) is 12.6 Å². The normalized spacial score (nSPS) is 15.6. The fourth-order valence-corrected chi connectivity index (χ4v) is 4.84. The number of aryl methyl sites for hydroxylation is 2. The molecule has 3 rings (SSSR count). The molecule has 24 heavy (non-hydrogen) atoms. The van der Waals surface area contributed by atoms with Gasteiger partial charge < -0.3 is 0 Å². The molecule has 2 aromatic rings. The molecular formula is C16H20N4O3S. The lowest BCUT2D eigenvalue weighted by atomic mass is 10.2. The minimum absolute atomic E-state index is 0.278. The molecule has 1 aromatic carbocycles. The maximum atomic E-state index is 12.5. The maximum Gasteiger partial charge on any atom is 0.258 e. The number of nitrogens with one attached hydrogen (secondary N) is 1. The van der Waals surface area contributed by atoms with Crippen LogP contribution in [0.25, 0.3) is 0 Å². The molecule has 0 saturated heterocycles. The number of carbonyl (C=O) groups is 1. The van der Waals surface area contributed by atoms with Crippen molar-refractivity contribution < 1.29 is 13.2 Å². The molecule has 0 unspecified atom stereocenters. The summed E-state index contributed by atoms with van der Waals surface area (Å²) in [6.45, 7) is 1.73. The maximum absolute atomic E-state index is 12.5. The third-order valence-corrected chi connectivity index (χ3v) is 6.56. The van der Waals surface area contributed by atoms with Crippen LogP contribution in [0.2, 0.25) is 0 Å². The van der Waals surface area contributed by atoms with Gasteiger partial charge in [-0.15, -0.1) is 0 Å². The van der Waals surface area contributed by atoms with E-state index in [2.05, 4.69) is 15.4 Å². The molecule has 8 heteroatoms. The van der Waals surface area contributed by atoms with E-state index in [9.17, 15) is 13.2 Å². The highest BCUT2D eigenvalue weighted by Crippen LogP contribution is 2.29. The minimum Gasteiger partial charge on any atom is -0.291 e. The number of nitrogens with zero attached hydrogens (tertiary/aromatic N) is 3. The first-order valence-corrected chi connectivity index (χ1v) is 9.45. The molecular weight excluding hydrogens is 328 g/mol. The number of benzene rings is 1. The molecule has 7 nitrogen and oxygen atoms in total. The number of hydrogen-bond acceptors (Lipinski definition) is 5. The van der Waals surface area contributed by atoms with E-state index in [-0.39, 0.29) is 16.1 Å². The number of carbonyl (C=O) groups excluding carboxylic acids is 1. The molecule has 1 fully saturated rings. The van der Waals surface area contributed by atoms with E-state index in [0.29, 0.717) is 17.3 Å². The Morgan fingerprint density at radius 2 is 1.83 bits per heavy atom. The highest BCUT2D eigenvalue weighted by molar-refractivity contribution is 7.92. The van der Waals surface area contributed by atoms with Crippen molar-refractivity contribution in [1.29, 1.82) is 0 Å². The van der Waals surface area contributed by atoms with Crippen molar-refractivity contribution in [2.24, 2.45) is 7.05 Å². The summed E-state index contributed by atoms with van der Waals surface area (Å²) in [6.07, 6.45) is 3.36. The van der Waals surface area contributed by atoms with Crippen molar-refractivity contribution in [1.82, 2.24) is 14.8 Å². The summed E-state index contributed by atoms with van der Waals surface area (Å²) in [5.41, 5.74) is 0.376. The summed E-state index contributed by atoms with van der Waals surface area (Å²) >= 11 is 0. The second kappa shape index (κ2) is 6.35. The number of aromatic nitrogens is 3. The van der Waals surface area contributed by atoms with Crippen molar-refractivity contribution in [2.75, 3.05) is 5.32 Å². The Hall–Kier alpha value is -2.22. The van der Waals surface area contributed by atoms with E-state index in [0.717, 1.165) is 25.7 Å². The summed E-state index contributed by atoms with van der Waals surface area (Å²) in [6, 6.07) is 6.07. The zero-order chi connectivity index (χ0) is 17.3. The van der Waals surface area contributed by atoms with Crippen LogP contribution in [-0.4, -0.2) is 34.3 Å². The second-order valence-corrected chi connectivity index (χ2v) is 8.26. The van der Waals surface area contributed by atoms with Gasteiger partial charge in [-0.25, -0.2) is 13.1 Å². The molecule has 1 N–H and O–H groups in total. The monoisotopic (exact) mass is 348 g/mol. The van der Waals surface area contributed by atoms with E-state index in [1.807, 2.05) is 0 Å². The van der Waals surface area contributed by atoms with E-state index in [1.165, 1.54) is 28.9 Å². The van der Waals surface area contributed by atoms with Crippen LogP contribution in [0.4, 0.5) is 5.95 Å². The average Bonchev–Trinajstić information content (AvgIpc) is 3.18. The lowest BCUT2D eigenvalue weighted by Crippen LogP contribution is -2.18. The lowest BCUT2D eigenvalue weighted by molar-refractivity contribution is 0.102. The molecule has 1 amide bonds. The summed E-state index contributed by atoms with van der Waals surface area (Å²) in [4.78, 5) is 16.6. The molecule has 1 aliphatic carbocycles. The van der Waals surface area contributed by atoms with Gasteiger partial charge in [0.1, 0.15) is 5.82 Å². The molecule has 0 radical (unpaired) electrons. The second-order valence-electron chi connectivity index (χ2n) is 6.04. The van der Waals surface area contributed by atoms with Crippen molar-refractivity contribution >= 4 is 21.7 Å². The van der Waals surface area contributed by atoms with Crippen LogP contribution in [0.3, 0.4) is 0 Å². The van der Waals surface area contributed by atoms with E-state index in [1.54, 1.807) is 14.0 Å². The van der Waals surface area contributed by atoms with Crippen LogP contribution in [0.15, 0.2) is 29.2 Å². The molecule has 0 atom stereocenters. The Kier molecular flexibility index (Phi) is 4.40. The Morgan fingerprint density at radius 3 is 2.38 bits per heavy atom. The number of anilines is 1. The first-order chi connectivity index (χ1) is 11.4. The lowest BCUT2D eigenvalue weighted by Gasteiger charge is -2.11. The molecule has 1 saturated carbocycles. The van der Waals surface area contributed by atoms with Gasteiger partial charge in [-0.2, -0.15) is 10.1 Å². The quantitative estimate of drug-likeness (QED) is 0.913. The number of amides is 1. The summed E-state index contributed by atoms with van der Waals surface area (Å²) in [5.74, 6) is 0.557. The van der Waals surface area contributed by atoms with Gasteiger partial charge in [0.25, 0.3) is 5.91 Å². The van der Waals surface area contributed by atoms with Crippen molar-refractivity contribution in [2.45, 2.75) is 42.8 Å². The zero-order valence-electron chi connectivity index (χ0n) is 13.7. The van der Waals surface area contributed by atoms with Crippen LogP contribution < -0.4 is 5.32 Å². The molecule has 128 valence electrons. The highest BCUT2D eigenvalue weighted by Gasteiger charge is 2.30. The molecule has 1 aliphatic rings. The van der Waals surface area contributed by atoms with Crippen molar-refractivity contribution in [3.8, 4) is 0 Å². The van der Waals surface area contributed by atoms with Gasteiger partial charge in [0.05, 0.1) is 10.1 Å². The third-order valence-electron chi connectivity index (χ3n) is 4.28. The first kappa shape index (κ1) is 16.6. The largest absolute Gasteiger partial charge is 0.291 e. The van der Waals surface area contributed by atoms with Crippen LogP contribution in [0, 0.1) is 6.92 Å². The molecule has 1 aromatic heterocycles. The zero-order valence-corrected chi connectivity index (χ0v) is 14.5. The Balaban J connectivity index is 1.76. The van der Waals surface area contributed by atoms with Gasteiger partial charge in [-0.1, -0.05) is 12.8 Å². The topological polar surface area (TPSA) is 94.0 Å². The number of hydrogen-bond donors (Lipinski definition) is 1. The smallest absolute Gasteiger partial charge is 0.258 e. The Morgan fingerprint density at radius 1 is 1.21 bits per heavy atom. The average molecular weight is 348 g/mol. The van der Waals surface area contributed by atoms with E-state index >= 15 is 0 Å². The Labute approximate surface area is 141 Å². The predicted molar refractivity (Wildman–Crippen MR) is 89.6 cm³/mol. The van der Waals surface area contributed by atoms with Gasteiger partial charge in [0.2, 0.25) is 5.95 Å². The van der Waals surface area contributed by atoms with E-state index < -0.39 is 9.84 Å². The first-order valence-electron chi connectivity index (χ1n) is 7.91. The van der Waals surface area contributed by atoms with Crippen LogP contribution in [-0.2, 0) is 16.9 Å². The SMILES string of the molecule is Cc1nc(NC(=O)c2ccc(S(=O)(=O)C3CCCC3)cc2)n(C)n1. The summed E-state index contributed by atoms with van der Waals surface area (Å²) in [7, 11) is -1.61. The van der Waals surface area contributed by atoms with Crippen molar-refractivity contribution in [3.05, 3.63) is 35.7 Å². The minimum atomic E-state index is -3.30. The fraction of sp³-hybridized carbons (Fsp3) is 0.438. The van der Waals surface area contributed by atoms with E-state index in [4.69, 9.17) is 0 Å². The molecule has 1 heterocycles. The van der Waals surface area contributed by atoms with Crippen LogP contribution >= 0.6 is 0 Å². The van der Waals surface area contributed by atoms with Crippen LogP contribution in [0.5, 0.6) is 0 Å². The standard InChI is InChI=1S/C16H20N4O3S/c1-11-17-16(20(2)19-11)18-15(21)12-7-9-14(10-8-12)24(22,23)13-5-3-4-6-13/h7-10,13H,3-6H2,1-2H3,(H,17,18,19,21). The molecule has 0 spiro atoms. The molecule has 0 aliphatic heterocycles. The molecule has 0 bridgehead atoms. The Bertz CT molecular complexity index is 850. The summed E-state index contributed by atoms with van der Waals surface area (Å²) in [5, 5.41) is 6.43. The van der Waals surface area contributed by atoms with Crippen molar-refractivity contribution in [3.63, 3.8) is 0 Å². The highest BCUT2D eigenvalue weighted by atomic mass is 32.2. The predicted octanol–water partition coefficient (Wildman–Crippen LogP) is 2.09. The van der Waals surface area contributed by atoms with Gasteiger partial charge >= 0.3 is 0 Å². The van der Waals surface area contributed by atoms with Gasteiger partial charge in [-0.05, 0) is 44.0 Å². The third kappa shape index (κ3) is 3.19. The van der Waals surface area contributed by atoms with Gasteiger partial charge in [0.15, 0.2) is 9.84 Å². The van der Waals surface area contributed by atoms with Gasteiger partial charge in [-0.3, -0.25) is 10.1 Å². The number of sulfone groups is 1. The van der Waals surface area contributed by atoms with Crippen LogP contribution in [0.1, 0.15) is 41.9 Å². The summed E-state index contributed by atoms with van der Waals surface area (Å²) < 4.78 is 26.5.